The molecule has 42 heavy (non-hydrogen) atoms. The number of aliphatic hydroxyl groups excluding tert-OH is 1. The number of para-hydroxylation sites is 2. The van der Waals surface area contributed by atoms with Crippen LogP contribution in [0.4, 0.5) is 0 Å². The van der Waals surface area contributed by atoms with E-state index < -0.39 is 6.04 Å². The summed E-state index contributed by atoms with van der Waals surface area (Å²) in [6, 6.07) is 31.8. The van der Waals surface area contributed by atoms with Crippen LogP contribution in [-0.2, 0) is 4.79 Å². The van der Waals surface area contributed by atoms with Gasteiger partial charge in [-0.1, -0.05) is 98.5 Å². The molecule has 214 valence electrons. The largest absolute Gasteiger partial charge is 0.394 e. The van der Waals surface area contributed by atoms with Crippen molar-refractivity contribution in [1.29, 1.82) is 0 Å². The normalized spacial score (nSPS) is 16.4. The maximum atomic E-state index is 14.0. The molecule has 1 amide bonds. The summed E-state index contributed by atoms with van der Waals surface area (Å²) in [6.07, 6.45) is 10.5. The van der Waals surface area contributed by atoms with Gasteiger partial charge in [0.15, 0.2) is 0 Å². The second kappa shape index (κ2) is 13.1. The van der Waals surface area contributed by atoms with Crippen molar-refractivity contribution in [2.24, 2.45) is 5.92 Å². The number of nitrogens with zero attached hydrogens (tertiary/aromatic N) is 3. The fourth-order valence-corrected chi connectivity index (χ4v) is 6.54. The van der Waals surface area contributed by atoms with E-state index in [4.69, 9.17) is 4.98 Å². The summed E-state index contributed by atoms with van der Waals surface area (Å²) in [5, 5.41) is 13.4. The van der Waals surface area contributed by atoms with E-state index >= 15 is 0 Å². The van der Waals surface area contributed by atoms with Gasteiger partial charge < -0.3 is 15.0 Å². The Morgan fingerprint density at radius 3 is 2.19 bits per heavy atom. The average molecular weight is 559 g/mol. The molecular weight excluding hydrogens is 520 g/mol. The van der Waals surface area contributed by atoms with Crippen molar-refractivity contribution in [2.45, 2.75) is 56.5 Å². The molecule has 1 saturated carbocycles. The van der Waals surface area contributed by atoms with Crippen molar-refractivity contribution in [3.05, 3.63) is 132 Å². The van der Waals surface area contributed by atoms with Crippen LogP contribution in [-0.4, -0.2) is 32.2 Å². The van der Waals surface area contributed by atoms with Gasteiger partial charge in [0.2, 0.25) is 5.91 Å². The van der Waals surface area contributed by atoms with Gasteiger partial charge in [-0.2, -0.15) is 0 Å². The highest BCUT2D eigenvalue weighted by atomic mass is 16.3. The Kier molecular flexibility index (Phi) is 8.71. The van der Waals surface area contributed by atoms with Crippen LogP contribution in [0.1, 0.15) is 78.9 Å². The van der Waals surface area contributed by atoms with E-state index in [-0.39, 0.29) is 30.4 Å². The maximum Gasteiger partial charge on any atom is 0.228 e. The quantitative estimate of drug-likeness (QED) is 0.191. The Labute approximate surface area is 247 Å². The third kappa shape index (κ3) is 6.00. The fraction of sp³-hybridized carbons (Fsp3) is 0.306. The topological polar surface area (TPSA) is 80.0 Å². The summed E-state index contributed by atoms with van der Waals surface area (Å²) in [7, 11) is 0. The number of imidazole rings is 1. The van der Waals surface area contributed by atoms with Crippen molar-refractivity contribution in [2.75, 3.05) is 6.61 Å². The minimum Gasteiger partial charge on any atom is -0.394 e. The summed E-state index contributed by atoms with van der Waals surface area (Å²) >= 11 is 0. The smallest absolute Gasteiger partial charge is 0.228 e. The van der Waals surface area contributed by atoms with Crippen LogP contribution in [0.5, 0.6) is 0 Å². The molecule has 6 rings (SSSR count). The molecule has 3 atom stereocenters. The molecule has 2 heterocycles. The first-order chi connectivity index (χ1) is 20.7. The van der Waals surface area contributed by atoms with Crippen LogP contribution in [0.25, 0.3) is 11.0 Å². The Bertz CT molecular complexity index is 1580. The number of hydrogen-bond donors (Lipinski definition) is 2. The van der Waals surface area contributed by atoms with E-state index in [1.54, 1.807) is 0 Å². The van der Waals surface area contributed by atoms with Gasteiger partial charge in [-0.25, -0.2) is 4.98 Å². The van der Waals surface area contributed by atoms with E-state index in [0.29, 0.717) is 0 Å². The summed E-state index contributed by atoms with van der Waals surface area (Å²) in [6.45, 7) is -0.142. The lowest BCUT2D eigenvalue weighted by Crippen LogP contribution is -2.37. The molecule has 1 aliphatic rings. The van der Waals surface area contributed by atoms with Crippen molar-refractivity contribution < 1.29 is 9.90 Å². The lowest BCUT2D eigenvalue weighted by Gasteiger charge is -2.28. The molecule has 0 spiro atoms. The minimum atomic E-state index is -0.436. The number of carbonyl (C=O) groups excluding carboxylic acids is 1. The van der Waals surface area contributed by atoms with Crippen LogP contribution in [0.3, 0.4) is 0 Å². The van der Waals surface area contributed by atoms with Gasteiger partial charge in [0.25, 0.3) is 0 Å². The summed E-state index contributed by atoms with van der Waals surface area (Å²) < 4.78 is 2.17. The molecule has 0 bridgehead atoms. The Hall–Kier alpha value is -4.29. The molecule has 0 saturated heterocycles. The number of aromatic nitrogens is 3. The summed E-state index contributed by atoms with van der Waals surface area (Å²) in [5.41, 5.74) is 5.93. The second-order valence-corrected chi connectivity index (χ2v) is 11.3. The average Bonchev–Trinajstić information content (AvgIpc) is 3.28. The molecule has 3 unspecified atom stereocenters. The van der Waals surface area contributed by atoms with Crippen LogP contribution in [0.2, 0.25) is 0 Å². The highest BCUT2D eigenvalue weighted by molar-refractivity contribution is 5.84. The van der Waals surface area contributed by atoms with Gasteiger partial charge in [-0.3, -0.25) is 9.78 Å². The number of pyridine rings is 1. The first-order valence-corrected chi connectivity index (χ1v) is 15.1. The molecule has 0 aliphatic heterocycles. The highest BCUT2D eigenvalue weighted by Gasteiger charge is 2.32. The van der Waals surface area contributed by atoms with Gasteiger partial charge in [0.05, 0.1) is 41.6 Å². The Morgan fingerprint density at radius 2 is 1.48 bits per heavy atom. The van der Waals surface area contributed by atoms with Gasteiger partial charge in [0, 0.05) is 6.20 Å². The fourth-order valence-electron chi connectivity index (χ4n) is 6.54. The zero-order valence-electron chi connectivity index (χ0n) is 23.8. The molecule has 1 fully saturated rings. The number of fused-ring (bicyclic) bond motifs is 1. The first kappa shape index (κ1) is 27.9. The monoisotopic (exact) mass is 558 g/mol. The van der Waals surface area contributed by atoms with Crippen LogP contribution in [0.15, 0.2) is 110 Å². The molecule has 1 aliphatic carbocycles. The molecule has 3 aromatic carbocycles. The van der Waals surface area contributed by atoms with Crippen LogP contribution in [0, 0.1) is 5.92 Å². The molecule has 6 heteroatoms. The number of hydrogen-bond acceptors (Lipinski definition) is 4. The van der Waals surface area contributed by atoms with Crippen LogP contribution < -0.4 is 5.32 Å². The first-order valence-electron chi connectivity index (χ1n) is 15.1. The maximum absolute atomic E-state index is 14.0. The predicted molar refractivity (Wildman–Crippen MR) is 166 cm³/mol. The van der Waals surface area contributed by atoms with E-state index in [1.165, 1.54) is 12.8 Å². The molecule has 2 aromatic heterocycles. The highest BCUT2D eigenvalue weighted by Crippen LogP contribution is 2.37. The van der Waals surface area contributed by atoms with E-state index in [9.17, 15) is 9.90 Å². The van der Waals surface area contributed by atoms with E-state index in [0.717, 1.165) is 59.1 Å². The standard InChI is InChI=1S/C36H38N4O2/c41-24-32(26-12-6-3-7-13-26)39-36(42)34(27-14-4-1-2-5-15-27)28-19-21-29(22-20-28)35(31-17-10-11-23-37-31)40-25-38-30-16-8-9-18-33(30)40/h3,6-13,16-23,25,27,32,34-35,41H,1-2,4-5,14-15,24H2,(H,39,42). The number of benzene rings is 3. The van der Waals surface area contributed by atoms with Crippen molar-refractivity contribution >= 4 is 16.9 Å². The Morgan fingerprint density at radius 1 is 0.786 bits per heavy atom. The zero-order chi connectivity index (χ0) is 28.7. The van der Waals surface area contributed by atoms with Gasteiger partial charge in [0.1, 0.15) is 6.04 Å². The predicted octanol–water partition coefficient (Wildman–Crippen LogP) is 6.97. The third-order valence-corrected chi connectivity index (χ3v) is 8.69. The SMILES string of the molecule is O=C(NC(CO)c1ccccc1)C(c1ccc(C(c2ccccn2)n2cnc3ccccc32)cc1)C1CCCCCC1. The molecule has 0 radical (unpaired) electrons. The van der Waals surface area contributed by atoms with Gasteiger partial charge in [-0.15, -0.1) is 0 Å². The third-order valence-electron chi connectivity index (χ3n) is 8.69. The van der Waals surface area contributed by atoms with Gasteiger partial charge in [-0.05, 0) is 59.7 Å². The second-order valence-electron chi connectivity index (χ2n) is 11.3. The number of carbonyl (C=O) groups is 1. The minimum absolute atomic E-state index is 0.0144. The molecule has 6 nitrogen and oxygen atoms in total. The number of aliphatic hydroxyl groups is 1. The summed E-state index contributed by atoms with van der Waals surface area (Å²) in [4.78, 5) is 23.4. The van der Waals surface area contributed by atoms with Crippen molar-refractivity contribution in [3.63, 3.8) is 0 Å². The number of rotatable bonds is 9. The van der Waals surface area contributed by atoms with Crippen molar-refractivity contribution in [1.82, 2.24) is 19.9 Å². The zero-order valence-corrected chi connectivity index (χ0v) is 23.8. The molecule has 2 N–H and O–H groups in total. The van der Waals surface area contributed by atoms with E-state index in [1.807, 2.05) is 79.3 Å². The van der Waals surface area contributed by atoms with Crippen LogP contribution >= 0.6 is 0 Å². The number of nitrogens with one attached hydrogen (secondary N) is 1. The molecule has 5 aromatic rings. The van der Waals surface area contributed by atoms with Crippen molar-refractivity contribution in [3.8, 4) is 0 Å². The van der Waals surface area contributed by atoms with Gasteiger partial charge >= 0.3 is 0 Å². The van der Waals surface area contributed by atoms with E-state index in [2.05, 4.69) is 45.2 Å². The Balaban J connectivity index is 1.35. The lowest BCUT2D eigenvalue weighted by molar-refractivity contribution is -0.125. The number of amides is 1. The lowest BCUT2D eigenvalue weighted by atomic mass is 9.80. The summed E-state index contributed by atoms with van der Waals surface area (Å²) in [5.74, 6) is -0.0330. The molecular formula is C36H38N4O2.